The maximum absolute atomic E-state index is 11.1. The Morgan fingerprint density at radius 3 is 2.56 bits per heavy atom. The molecule has 0 amide bonds. The third-order valence-electron chi connectivity index (χ3n) is 1.75. The Labute approximate surface area is 101 Å². The number of nitrogens with zero attached hydrogens (tertiary/aromatic N) is 1. The first-order chi connectivity index (χ1) is 8.41. The van der Waals surface area contributed by atoms with Gasteiger partial charge in [0, 0.05) is 11.4 Å². The van der Waals surface area contributed by atoms with Crippen LogP contribution in [0.1, 0.15) is 5.56 Å². The van der Waals surface area contributed by atoms with E-state index in [1.165, 1.54) is 13.2 Å². The molecular weight excluding hydrogens is 240 g/mol. The minimum atomic E-state index is -0.684. The van der Waals surface area contributed by atoms with Crippen LogP contribution in [0.2, 0.25) is 0 Å². The molecule has 0 aromatic carbocycles. The lowest BCUT2D eigenvalue weighted by atomic mass is 10.3. The molecule has 8 heteroatoms. The summed E-state index contributed by atoms with van der Waals surface area (Å²) >= 11 is 0. The number of rotatable bonds is 1. The molecule has 0 saturated heterocycles. The normalized spacial score (nSPS) is 9.39. The van der Waals surface area contributed by atoms with Crippen LogP contribution in [0.15, 0.2) is 32.0 Å². The average Bonchev–Trinajstić information content (AvgIpc) is 2.77. The molecule has 6 N–H and O–H groups in total. The molecule has 0 saturated carbocycles. The molecule has 0 bridgehead atoms. The van der Waals surface area contributed by atoms with Crippen molar-refractivity contribution in [2.24, 2.45) is 11.5 Å². The van der Waals surface area contributed by atoms with Crippen LogP contribution in [0.4, 0.5) is 0 Å². The summed E-state index contributed by atoms with van der Waals surface area (Å²) in [6.45, 7) is 1.37. The highest BCUT2D eigenvalue weighted by molar-refractivity contribution is 5.68. The predicted octanol–water partition coefficient (Wildman–Crippen LogP) is -2.30. The van der Waals surface area contributed by atoms with E-state index in [4.69, 9.17) is 8.83 Å². The predicted molar refractivity (Wildman–Crippen MR) is 60.0 cm³/mol. The number of guanidine groups is 1. The smallest absolute Gasteiger partial charge is 0.341 e. The summed E-state index contributed by atoms with van der Waals surface area (Å²) in [5, 5.41) is 15.7. The van der Waals surface area contributed by atoms with Crippen LogP contribution in [0.5, 0.6) is 5.88 Å². The first kappa shape index (κ1) is 13.3. The lowest BCUT2D eigenvalue weighted by Crippen LogP contribution is -2.51. The van der Waals surface area contributed by atoms with E-state index in [1.807, 2.05) is 0 Å². The summed E-state index contributed by atoms with van der Waals surface area (Å²) in [7, 11) is 0. The minimum Gasteiger partial charge on any atom is -0.858 e. The molecule has 2 rings (SSSR count). The monoisotopic (exact) mass is 252 g/mol. The van der Waals surface area contributed by atoms with Crippen LogP contribution in [-0.4, -0.2) is 10.9 Å². The quantitative estimate of drug-likeness (QED) is 0.380. The second-order valence-electron chi connectivity index (χ2n) is 3.21. The minimum absolute atomic E-state index is 0.0275. The molecule has 96 valence electrons. The zero-order valence-corrected chi connectivity index (χ0v) is 9.54. The average molecular weight is 252 g/mol. The zero-order chi connectivity index (χ0) is 13.7. The molecule has 2 aromatic heterocycles. The van der Waals surface area contributed by atoms with Crippen molar-refractivity contribution >= 4 is 5.96 Å². The Balaban J connectivity index is 0.000000357. The molecule has 18 heavy (non-hydrogen) atoms. The van der Waals surface area contributed by atoms with Crippen LogP contribution < -0.4 is 27.6 Å². The molecule has 8 nitrogen and oxygen atoms in total. The summed E-state index contributed by atoms with van der Waals surface area (Å²) in [5.41, 5.74) is 8.46. The van der Waals surface area contributed by atoms with Gasteiger partial charge in [-0.15, -0.1) is 0 Å². The van der Waals surface area contributed by atoms with Crippen LogP contribution in [0, 0.1) is 6.92 Å². The van der Waals surface area contributed by atoms with Crippen LogP contribution in [-0.2, 0) is 0 Å². The summed E-state index contributed by atoms with van der Waals surface area (Å²) in [6.07, 6.45) is 1.40. The maximum atomic E-state index is 11.1. The van der Waals surface area contributed by atoms with Gasteiger partial charge >= 0.3 is 11.6 Å². The van der Waals surface area contributed by atoms with Gasteiger partial charge < -0.3 is 13.9 Å². The second kappa shape index (κ2) is 5.53. The van der Waals surface area contributed by atoms with E-state index in [9.17, 15) is 9.90 Å². The van der Waals surface area contributed by atoms with Crippen molar-refractivity contribution in [1.82, 2.24) is 4.98 Å². The number of aromatic nitrogens is 1. The number of furan rings is 1. The van der Waals surface area contributed by atoms with E-state index in [2.05, 4.69) is 21.9 Å². The summed E-state index contributed by atoms with van der Waals surface area (Å²) < 4.78 is 9.71. The van der Waals surface area contributed by atoms with Gasteiger partial charge in [0.15, 0.2) is 5.76 Å². The highest BCUT2D eigenvalue weighted by Crippen LogP contribution is 2.17. The Morgan fingerprint density at radius 1 is 1.50 bits per heavy atom. The first-order valence-electron chi connectivity index (χ1n) is 4.77. The molecule has 0 aliphatic rings. The van der Waals surface area contributed by atoms with E-state index in [0.717, 1.165) is 0 Å². The van der Waals surface area contributed by atoms with Gasteiger partial charge in [-0.2, -0.15) is 0 Å². The van der Waals surface area contributed by atoms with Crippen molar-refractivity contribution in [3.8, 4) is 17.5 Å². The van der Waals surface area contributed by atoms with Gasteiger partial charge in [-0.25, -0.2) is 9.78 Å². The summed E-state index contributed by atoms with van der Waals surface area (Å²) in [4.78, 5) is 14.7. The van der Waals surface area contributed by atoms with E-state index in [1.54, 1.807) is 12.1 Å². The number of hydrogen-bond acceptors (Lipinski definition) is 5. The SMILES string of the molecule is Cc1c([O-])nc(-c2ccco2)oc1=O.NC(N)=[NH2+]. The van der Waals surface area contributed by atoms with Gasteiger partial charge in [0.1, 0.15) is 0 Å². The standard InChI is InChI=1S/C9H7NO4.CH5N3/c1-5-7(11)10-8(14-9(5)12)6-3-2-4-13-6;2-1(3)4/h2-4,11H,1H3;(H5,2,3,4). The van der Waals surface area contributed by atoms with Gasteiger partial charge in [-0.3, -0.25) is 16.9 Å². The molecular formula is C10H12N4O4. The van der Waals surface area contributed by atoms with Crippen LogP contribution in [0.3, 0.4) is 0 Å². The van der Waals surface area contributed by atoms with Gasteiger partial charge in [0.2, 0.25) is 0 Å². The Kier molecular flexibility index (Phi) is 4.08. The molecule has 0 unspecified atom stereocenters. The van der Waals surface area contributed by atoms with Crippen molar-refractivity contribution in [2.75, 3.05) is 0 Å². The van der Waals surface area contributed by atoms with Crippen molar-refractivity contribution < 1.29 is 19.4 Å². The fraction of sp³-hybridized carbons (Fsp3) is 0.100. The van der Waals surface area contributed by atoms with Gasteiger partial charge in [-0.05, 0) is 19.1 Å². The Hall–Kier alpha value is -2.77. The fourth-order valence-corrected chi connectivity index (χ4v) is 0.956. The third kappa shape index (κ3) is 3.37. The van der Waals surface area contributed by atoms with Gasteiger partial charge in [0.05, 0.1) is 6.26 Å². The van der Waals surface area contributed by atoms with Gasteiger partial charge in [0.25, 0.3) is 5.89 Å². The molecule has 0 aliphatic carbocycles. The highest BCUT2D eigenvalue weighted by atomic mass is 16.4. The first-order valence-corrected chi connectivity index (χ1v) is 4.77. The Morgan fingerprint density at radius 2 is 2.11 bits per heavy atom. The Bertz CT molecular complexity index is 584. The molecule has 2 heterocycles. The van der Waals surface area contributed by atoms with E-state index in [0.29, 0.717) is 0 Å². The fourth-order valence-electron chi connectivity index (χ4n) is 0.956. The lowest BCUT2D eigenvalue weighted by molar-refractivity contribution is -0.276. The van der Waals surface area contributed by atoms with Gasteiger partial charge in [-0.1, -0.05) is 0 Å². The molecule has 0 radical (unpaired) electrons. The van der Waals surface area contributed by atoms with E-state index >= 15 is 0 Å². The van der Waals surface area contributed by atoms with Crippen LogP contribution in [0.25, 0.3) is 11.7 Å². The maximum Gasteiger partial charge on any atom is 0.341 e. The van der Waals surface area contributed by atoms with Crippen LogP contribution >= 0.6 is 0 Å². The van der Waals surface area contributed by atoms with Crippen molar-refractivity contribution in [2.45, 2.75) is 6.92 Å². The lowest BCUT2D eigenvalue weighted by Gasteiger charge is -2.06. The largest absolute Gasteiger partial charge is 0.858 e. The third-order valence-corrected chi connectivity index (χ3v) is 1.75. The zero-order valence-electron chi connectivity index (χ0n) is 9.54. The molecule has 0 atom stereocenters. The second-order valence-corrected chi connectivity index (χ2v) is 3.21. The summed E-state index contributed by atoms with van der Waals surface area (Å²) in [6, 6.07) is 3.17. The van der Waals surface area contributed by atoms with E-state index < -0.39 is 11.5 Å². The molecule has 0 fully saturated rings. The van der Waals surface area contributed by atoms with Crippen molar-refractivity contribution in [3.05, 3.63) is 34.4 Å². The number of hydrogen-bond donors (Lipinski definition) is 3. The summed E-state index contributed by atoms with van der Waals surface area (Å²) in [5.74, 6) is -0.498. The van der Waals surface area contributed by atoms with E-state index in [-0.39, 0.29) is 23.2 Å². The molecule has 0 aliphatic heterocycles. The molecule has 2 aromatic rings. The number of nitrogens with two attached hydrogens (primary N) is 3. The highest BCUT2D eigenvalue weighted by Gasteiger charge is 2.07. The topological polar surface area (TPSA) is 157 Å². The van der Waals surface area contributed by atoms with Crippen molar-refractivity contribution in [1.29, 1.82) is 0 Å². The van der Waals surface area contributed by atoms with Crippen molar-refractivity contribution in [3.63, 3.8) is 0 Å². The molecule has 0 spiro atoms.